The molecule has 122 valence electrons. The maximum atomic E-state index is 12.0. The second-order valence-corrected chi connectivity index (χ2v) is 6.46. The molecule has 0 saturated carbocycles. The summed E-state index contributed by atoms with van der Waals surface area (Å²) < 4.78 is 6.06. The molecule has 3 aromatic rings. The molecule has 6 heteroatoms. The van der Waals surface area contributed by atoms with E-state index in [0.717, 1.165) is 21.3 Å². The molecule has 0 radical (unpaired) electrons. The van der Waals surface area contributed by atoms with Crippen molar-refractivity contribution >= 4 is 38.6 Å². The zero-order valence-corrected chi connectivity index (χ0v) is 14.1. The normalized spacial score (nSPS) is 10.6. The molecule has 1 aromatic heterocycles. The maximum absolute atomic E-state index is 12.0. The molecular weight excluding hydrogens is 324 g/mol. The lowest BCUT2D eigenvalue weighted by atomic mass is 10.1. The first-order valence-corrected chi connectivity index (χ1v) is 8.24. The van der Waals surface area contributed by atoms with Gasteiger partial charge in [-0.05, 0) is 43.2 Å². The van der Waals surface area contributed by atoms with Crippen molar-refractivity contribution in [1.29, 1.82) is 0 Å². The van der Waals surface area contributed by atoms with Gasteiger partial charge in [0.25, 0.3) is 5.91 Å². The monoisotopic (exact) mass is 340 g/mol. The highest BCUT2D eigenvalue weighted by molar-refractivity contribution is 7.22. The van der Waals surface area contributed by atoms with Gasteiger partial charge in [0, 0.05) is 0 Å². The fraction of sp³-hybridized carbons (Fsp3) is 0.167. The number of thiazole rings is 1. The molecule has 3 rings (SSSR count). The topological polar surface area (TPSA) is 68.3 Å². The van der Waals surface area contributed by atoms with Crippen LogP contribution in [0.4, 0.5) is 5.13 Å². The fourth-order valence-electron chi connectivity index (χ4n) is 2.25. The Hall–Kier alpha value is -2.73. The van der Waals surface area contributed by atoms with E-state index in [2.05, 4.69) is 10.3 Å². The number of fused-ring (bicyclic) bond motifs is 1. The molecule has 0 atom stereocenters. The van der Waals surface area contributed by atoms with Gasteiger partial charge in [0.2, 0.25) is 0 Å². The summed E-state index contributed by atoms with van der Waals surface area (Å²) in [6.07, 6.45) is 0. The van der Waals surface area contributed by atoms with Crippen molar-refractivity contribution in [3.8, 4) is 0 Å². The van der Waals surface area contributed by atoms with Crippen molar-refractivity contribution in [2.24, 2.45) is 0 Å². The molecule has 0 spiro atoms. The first-order chi connectivity index (χ1) is 11.5. The minimum Gasteiger partial charge on any atom is -0.452 e. The molecule has 0 aliphatic rings. The van der Waals surface area contributed by atoms with E-state index in [9.17, 15) is 9.59 Å². The fourth-order valence-corrected chi connectivity index (χ4v) is 3.23. The highest BCUT2D eigenvalue weighted by Gasteiger charge is 2.13. The van der Waals surface area contributed by atoms with Crippen molar-refractivity contribution < 1.29 is 14.3 Å². The minimum absolute atomic E-state index is 0.345. The van der Waals surface area contributed by atoms with Crippen LogP contribution in [0.25, 0.3) is 10.2 Å². The zero-order valence-electron chi connectivity index (χ0n) is 13.3. The molecule has 0 fully saturated rings. The Bertz CT molecular complexity index is 918. The first-order valence-electron chi connectivity index (χ1n) is 7.43. The highest BCUT2D eigenvalue weighted by atomic mass is 32.1. The van der Waals surface area contributed by atoms with Gasteiger partial charge >= 0.3 is 5.97 Å². The van der Waals surface area contributed by atoms with Gasteiger partial charge in [-0.15, -0.1) is 0 Å². The number of esters is 1. The van der Waals surface area contributed by atoms with Gasteiger partial charge < -0.3 is 4.74 Å². The number of rotatable bonds is 4. The van der Waals surface area contributed by atoms with Crippen LogP contribution in [0.15, 0.2) is 42.5 Å². The lowest BCUT2D eigenvalue weighted by Gasteiger charge is -2.06. The van der Waals surface area contributed by atoms with Crippen LogP contribution in [0.1, 0.15) is 21.5 Å². The van der Waals surface area contributed by atoms with Gasteiger partial charge in [-0.1, -0.05) is 35.6 Å². The maximum Gasteiger partial charge on any atom is 0.338 e. The average molecular weight is 340 g/mol. The van der Waals surface area contributed by atoms with Gasteiger partial charge in [0.05, 0.1) is 15.8 Å². The summed E-state index contributed by atoms with van der Waals surface area (Å²) in [5.41, 5.74) is 3.24. The van der Waals surface area contributed by atoms with Crippen molar-refractivity contribution in [1.82, 2.24) is 4.98 Å². The molecule has 0 aliphatic carbocycles. The Labute approximate surface area is 143 Å². The molecule has 0 bridgehead atoms. The van der Waals surface area contributed by atoms with Crippen molar-refractivity contribution in [2.75, 3.05) is 11.9 Å². The van der Waals surface area contributed by atoms with Gasteiger partial charge in [-0.3, -0.25) is 10.1 Å². The van der Waals surface area contributed by atoms with E-state index in [4.69, 9.17) is 4.74 Å². The lowest BCUT2D eigenvalue weighted by molar-refractivity contribution is -0.119. The standard InChI is InChI=1S/C18H16N2O3S/c1-11-7-8-14-15(9-11)24-18(19-14)20-16(21)10-23-17(22)13-6-4-3-5-12(13)2/h3-9H,10H2,1-2H3,(H,19,20,21). The number of hydrogen-bond donors (Lipinski definition) is 1. The lowest BCUT2D eigenvalue weighted by Crippen LogP contribution is -2.21. The third-order valence-corrected chi connectivity index (χ3v) is 4.42. The molecule has 1 heterocycles. The van der Waals surface area contributed by atoms with Crippen LogP contribution < -0.4 is 5.32 Å². The quantitative estimate of drug-likeness (QED) is 0.735. The molecular formula is C18H16N2O3S. The molecule has 0 saturated heterocycles. The molecule has 0 unspecified atom stereocenters. The number of hydrogen-bond acceptors (Lipinski definition) is 5. The Balaban J connectivity index is 1.61. The Morgan fingerprint density at radius 3 is 2.75 bits per heavy atom. The Morgan fingerprint density at radius 1 is 1.17 bits per heavy atom. The van der Waals surface area contributed by atoms with Crippen molar-refractivity contribution in [2.45, 2.75) is 13.8 Å². The van der Waals surface area contributed by atoms with E-state index >= 15 is 0 Å². The number of anilines is 1. The second kappa shape index (κ2) is 6.80. The Morgan fingerprint density at radius 2 is 1.96 bits per heavy atom. The van der Waals surface area contributed by atoms with Crippen LogP contribution in [0, 0.1) is 13.8 Å². The predicted octanol–water partition coefficient (Wildman–Crippen LogP) is 3.71. The summed E-state index contributed by atoms with van der Waals surface area (Å²) in [6.45, 7) is 3.48. The van der Waals surface area contributed by atoms with Crippen LogP contribution in [-0.2, 0) is 9.53 Å². The van der Waals surface area contributed by atoms with E-state index < -0.39 is 11.9 Å². The molecule has 5 nitrogen and oxygen atoms in total. The predicted molar refractivity (Wildman–Crippen MR) is 94.4 cm³/mol. The number of carbonyl (C=O) groups excluding carboxylic acids is 2. The van der Waals surface area contributed by atoms with Crippen LogP contribution >= 0.6 is 11.3 Å². The summed E-state index contributed by atoms with van der Waals surface area (Å²) in [6, 6.07) is 13.0. The summed E-state index contributed by atoms with van der Waals surface area (Å²) in [7, 11) is 0. The smallest absolute Gasteiger partial charge is 0.338 e. The molecule has 1 N–H and O–H groups in total. The van der Waals surface area contributed by atoms with Gasteiger partial charge in [0.15, 0.2) is 11.7 Å². The molecule has 1 amide bonds. The number of benzene rings is 2. The molecule has 0 aliphatic heterocycles. The van der Waals surface area contributed by atoms with E-state index in [0.29, 0.717) is 10.7 Å². The number of nitrogens with one attached hydrogen (secondary N) is 1. The van der Waals surface area contributed by atoms with E-state index in [1.165, 1.54) is 11.3 Å². The summed E-state index contributed by atoms with van der Waals surface area (Å²) in [4.78, 5) is 28.3. The third-order valence-electron chi connectivity index (χ3n) is 3.49. The molecule has 24 heavy (non-hydrogen) atoms. The van der Waals surface area contributed by atoms with Crippen molar-refractivity contribution in [3.63, 3.8) is 0 Å². The minimum atomic E-state index is -0.511. The van der Waals surface area contributed by atoms with Crippen LogP contribution in [0.3, 0.4) is 0 Å². The third kappa shape index (κ3) is 3.60. The van der Waals surface area contributed by atoms with Gasteiger partial charge in [-0.2, -0.15) is 0 Å². The largest absolute Gasteiger partial charge is 0.452 e. The van der Waals surface area contributed by atoms with Crippen LogP contribution in [0.2, 0.25) is 0 Å². The number of aryl methyl sites for hydroxylation is 2. The Kier molecular flexibility index (Phi) is 4.57. The SMILES string of the molecule is Cc1ccc2nc(NC(=O)COC(=O)c3ccccc3C)sc2c1. The average Bonchev–Trinajstić information content (AvgIpc) is 2.94. The molecule has 2 aromatic carbocycles. The second-order valence-electron chi connectivity index (χ2n) is 5.43. The number of ether oxygens (including phenoxy) is 1. The number of carbonyl (C=O) groups is 2. The summed E-state index contributed by atoms with van der Waals surface area (Å²) in [5, 5.41) is 3.16. The van der Waals surface area contributed by atoms with Crippen LogP contribution in [-0.4, -0.2) is 23.5 Å². The zero-order chi connectivity index (χ0) is 17.1. The highest BCUT2D eigenvalue weighted by Crippen LogP contribution is 2.26. The van der Waals surface area contributed by atoms with Gasteiger partial charge in [-0.25, -0.2) is 9.78 Å². The summed E-state index contributed by atoms with van der Waals surface area (Å²) in [5.74, 6) is -0.920. The number of nitrogens with zero attached hydrogens (tertiary/aromatic N) is 1. The first kappa shape index (κ1) is 16.1. The summed E-state index contributed by atoms with van der Waals surface area (Å²) >= 11 is 1.39. The number of amides is 1. The van der Waals surface area contributed by atoms with Gasteiger partial charge in [0.1, 0.15) is 0 Å². The van der Waals surface area contributed by atoms with E-state index in [1.54, 1.807) is 12.1 Å². The van der Waals surface area contributed by atoms with Crippen molar-refractivity contribution in [3.05, 3.63) is 59.2 Å². The van der Waals surface area contributed by atoms with Crippen LogP contribution in [0.5, 0.6) is 0 Å². The number of aromatic nitrogens is 1. The van der Waals surface area contributed by atoms with E-state index in [-0.39, 0.29) is 6.61 Å². The van der Waals surface area contributed by atoms with E-state index in [1.807, 2.05) is 44.2 Å².